The summed E-state index contributed by atoms with van der Waals surface area (Å²) in [6, 6.07) is 22.0. The summed E-state index contributed by atoms with van der Waals surface area (Å²) < 4.78 is 11.3. The maximum Gasteiger partial charge on any atom is 0.153 e. The zero-order valence-corrected chi connectivity index (χ0v) is 13.2. The maximum atomic E-state index is 6.25. The van der Waals surface area contributed by atoms with Crippen LogP contribution in [0.5, 0.6) is 11.5 Å². The lowest BCUT2D eigenvalue weighted by Crippen LogP contribution is -2.00. The van der Waals surface area contributed by atoms with Crippen LogP contribution in [0.4, 0.5) is 5.69 Å². The maximum absolute atomic E-state index is 6.25. The predicted octanol–water partition coefficient (Wildman–Crippen LogP) is 4.62. The Labute approximate surface area is 136 Å². The fraction of sp³-hybridized carbons (Fsp3) is 0.100. The van der Waals surface area contributed by atoms with Crippen LogP contribution < -0.4 is 15.2 Å². The van der Waals surface area contributed by atoms with E-state index in [1.54, 1.807) is 14.2 Å². The molecule has 0 aliphatic heterocycles. The molecule has 0 aliphatic rings. The van der Waals surface area contributed by atoms with Crippen molar-refractivity contribution in [1.82, 2.24) is 0 Å². The highest BCUT2D eigenvalue weighted by molar-refractivity contribution is 5.91. The first-order chi connectivity index (χ1) is 11.3. The molecule has 3 rings (SSSR count). The minimum absolute atomic E-state index is 0.589. The molecule has 0 fully saturated rings. The second-order valence-corrected chi connectivity index (χ2v) is 5.19. The van der Waals surface area contributed by atoms with E-state index in [-0.39, 0.29) is 0 Å². The van der Waals surface area contributed by atoms with Gasteiger partial charge in [0.1, 0.15) is 5.75 Å². The van der Waals surface area contributed by atoms with Gasteiger partial charge in [0, 0.05) is 5.56 Å². The van der Waals surface area contributed by atoms with E-state index in [4.69, 9.17) is 15.2 Å². The van der Waals surface area contributed by atoms with Gasteiger partial charge in [0.25, 0.3) is 0 Å². The normalized spacial score (nSPS) is 10.3. The molecule has 23 heavy (non-hydrogen) atoms. The number of benzene rings is 3. The zero-order chi connectivity index (χ0) is 16.2. The highest BCUT2D eigenvalue weighted by Gasteiger charge is 2.20. The van der Waals surface area contributed by atoms with Crippen molar-refractivity contribution in [2.24, 2.45) is 0 Å². The summed E-state index contributed by atoms with van der Waals surface area (Å²) in [5, 5.41) is 0. The molecule has 0 heterocycles. The molecule has 3 heteroatoms. The smallest absolute Gasteiger partial charge is 0.153 e. The van der Waals surface area contributed by atoms with E-state index < -0.39 is 0 Å². The second kappa shape index (κ2) is 6.44. The van der Waals surface area contributed by atoms with Crippen LogP contribution in [0.3, 0.4) is 0 Å². The van der Waals surface area contributed by atoms with E-state index in [0.717, 1.165) is 28.0 Å². The molecule has 0 unspecified atom stereocenters. The number of nitrogen functional groups attached to an aromatic ring is 1. The molecule has 116 valence electrons. The first kappa shape index (κ1) is 15.0. The van der Waals surface area contributed by atoms with Gasteiger partial charge in [-0.25, -0.2) is 0 Å². The lowest BCUT2D eigenvalue weighted by atomic mass is 9.95. The van der Waals surface area contributed by atoms with E-state index in [2.05, 4.69) is 0 Å². The molecule has 3 aromatic carbocycles. The highest BCUT2D eigenvalue weighted by atomic mass is 16.5. The molecule has 3 aromatic rings. The average Bonchev–Trinajstić information content (AvgIpc) is 2.62. The minimum Gasteiger partial charge on any atom is -0.495 e. The summed E-state index contributed by atoms with van der Waals surface area (Å²) in [4.78, 5) is 0. The summed E-state index contributed by atoms with van der Waals surface area (Å²) in [6.45, 7) is 0. The number of ether oxygens (including phenoxy) is 2. The molecule has 0 bridgehead atoms. The van der Waals surface area contributed by atoms with E-state index in [1.807, 2.05) is 66.7 Å². The van der Waals surface area contributed by atoms with Gasteiger partial charge in [0.05, 0.1) is 25.5 Å². The van der Waals surface area contributed by atoms with Gasteiger partial charge in [-0.05, 0) is 17.2 Å². The number of anilines is 1. The van der Waals surface area contributed by atoms with Gasteiger partial charge in [0.2, 0.25) is 0 Å². The van der Waals surface area contributed by atoms with E-state index >= 15 is 0 Å². The molecular formula is C20H19NO2. The lowest BCUT2D eigenvalue weighted by Gasteiger charge is -2.19. The van der Waals surface area contributed by atoms with Gasteiger partial charge >= 0.3 is 0 Å². The molecule has 0 aliphatic carbocycles. The number of rotatable bonds is 4. The molecule has 0 atom stereocenters. The molecule has 0 radical (unpaired) electrons. The third-order valence-corrected chi connectivity index (χ3v) is 3.82. The Hall–Kier alpha value is -2.94. The molecule has 0 saturated carbocycles. The van der Waals surface area contributed by atoms with Crippen LogP contribution in [-0.2, 0) is 0 Å². The van der Waals surface area contributed by atoms with Gasteiger partial charge in [-0.2, -0.15) is 0 Å². The van der Waals surface area contributed by atoms with Crippen molar-refractivity contribution in [2.45, 2.75) is 0 Å². The number of hydrogen-bond donors (Lipinski definition) is 1. The topological polar surface area (TPSA) is 44.5 Å². The second-order valence-electron chi connectivity index (χ2n) is 5.19. The van der Waals surface area contributed by atoms with Crippen LogP contribution in [0.1, 0.15) is 0 Å². The first-order valence-corrected chi connectivity index (χ1v) is 7.41. The third-order valence-electron chi connectivity index (χ3n) is 3.82. The van der Waals surface area contributed by atoms with Gasteiger partial charge in [-0.1, -0.05) is 60.7 Å². The monoisotopic (exact) mass is 305 g/mol. The third kappa shape index (κ3) is 2.73. The number of hydrogen-bond acceptors (Lipinski definition) is 3. The lowest BCUT2D eigenvalue weighted by molar-refractivity contribution is 0.400. The quantitative estimate of drug-likeness (QED) is 0.715. The summed E-state index contributed by atoms with van der Waals surface area (Å²) >= 11 is 0. The van der Waals surface area contributed by atoms with Crippen LogP contribution in [0.15, 0.2) is 66.7 Å². The van der Waals surface area contributed by atoms with Gasteiger partial charge < -0.3 is 15.2 Å². The zero-order valence-electron chi connectivity index (χ0n) is 13.2. The Morgan fingerprint density at radius 3 is 1.74 bits per heavy atom. The van der Waals surface area contributed by atoms with Crippen molar-refractivity contribution in [2.75, 3.05) is 20.0 Å². The van der Waals surface area contributed by atoms with Crippen molar-refractivity contribution in [3.05, 3.63) is 66.7 Å². The van der Waals surface area contributed by atoms with Crippen LogP contribution in [0, 0.1) is 0 Å². The van der Waals surface area contributed by atoms with E-state index in [0.29, 0.717) is 11.4 Å². The molecule has 0 aromatic heterocycles. The SMILES string of the molecule is COc1c(N)cc(-c2ccccc2)c(OC)c1-c1ccccc1. The summed E-state index contributed by atoms with van der Waals surface area (Å²) in [7, 11) is 3.30. The van der Waals surface area contributed by atoms with E-state index in [1.165, 1.54) is 0 Å². The van der Waals surface area contributed by atoms with Gasteiger partial charge in [0.15, 0.2) is 5.75 Å². The fourth-order valence-electron chi connectivity index (χ4n) is 2.80. The minimum atomic E-state index is 0.589. The molecule has 0 amide bonds. The van der Waals surface area contributed by atoms with Crippen LogP contribution in [0.25, 0.3) is 22.3 Å². The van der Waals surface area contributed by atoms with Crippen molar-refractivity contribution >= 4 is 5.69 Å². The first-order valence-electron chi connectivity index (χ1n) is 7.41. The van der Waals surface area contributed by atoms with Crippen LogP contribution >= 0.6 is 0 Å². The Morgan fingerprint density at radius 2 is 1.22 bits per heavy atom. The van der Waals surface area contributed by atoms with Crippen molar-refractivity contribution in [3.8, 4) is 33.8 Å². The van der Waals surface area contributed by atoms with Crippen LogP contribution in [-0.4, -0.2) is 14.2 Å². The van der Waals surface area contributed by atoms with Crippen molar-refractivity contribution in [3.63, 3.8) is 0 Å². The largest absolute Gasteiger partial charge is 0.495 e. The number of methoxy groups -OCH3 is 2. The average molecular weight is 305 g/mol. The molecule has 0 spiro atoms. The molecule has 3 nitrogen and oxygen atoms in total. The highest BCUT2D eigenvalue weighted by Crippen LogP contribution is 2.47. The Kier molecular flexibility index (Phi) is 4.20. The molecule has 0 saturated heterocycles. The van der Waals surface area contributed by atoms with Gasteiger partial charge in [-0.3, -0.25) is 0 Å². The standard InChI is InChI=1S/C20H19NO2/c1-22-19-16(14-9-5-3-6-10-14)13-17(21)20(23-2)18(19)15-11-7-4-8-12-15/h3-13H,21H2,1-2H3. The van der Waals surface area contributed by atoms with Crippen molar-refractivity contribution in [1.29, 1.82) is 0 Å². The van der Waals surface area contributed by atoms with Crippen LogP contribution in [0.2, 0.25) is 0 Å². The van der Waals surface area contributed by atoms with Gasteiger partial charge in [-0.15, -0.1) is 0 Å². The molecule has 2 N–H and O–H groups in total. The Morgan fingerprint density at radius 1 is 0.696 bits per heavy atom. The predicted molar refractivity (Wildman–Crippen MR) is 94.8 cm³/mol. The Balaban J connectivity index is 2.34. The fourth-order valence-corrected chi connectivity index (χ4v) is 2.80. The molecular weight excluding hydrogens is 286 g/mol. The summed E-state index contributed by atoms with van der Waals surface area (Å²) in [6.07, 6.45) is 0. The van der Waals surface area contributed by atoms with E-state index in [9.17, 15) is 0 Å². The summed E-state index contributed by atoms with van der Waals surface area (Å²) in [5.41, 5.74) is 10.7. The Bertz CT molecular complexity index is 799. The summed E-state index contributed by atoms with van der Waals surface area (Å²) in [5.74, 6) is 1.39. The number of nitrogens with two attached hydrogens (primary N) is 1. The van der Waals surface area contributed by atoms with Crippen molar-refractivity contribution < 1.29 is 9.47 Å².